The number of nitrogens with one attached hydrogen (secondary N) is 2. The molecule has 0 saturated heterocycles. The molecule has 1 aromatic carbocycles. The van der Waals surface area contributed by atoms with Gasteiger partial charge in [0.15, 0.2) is 11.8 Å². The zero-order valence-corrected chi connectivity index (χ0v) is 18.3. The summed E-state index contributed by atoms with van der Waals surface area (Å²) in [5.41, 5.74) is 1.67. The molecule has 3 rings (SSSR count). The largest absolute Gasteiger partial charge is 0.411 e. The molecule has 1 aliphatic rings. The van der Waals surface area contributed by atoms with Crippen molar-refractivity contribution in [3.63, 3.8) is 0 Å². The van der Waals surface area contributed by atoms with Crippen LogP contribution in [0.15, 0.2) is 29.3 Å². The lowest BCUT2D eigenvalue weighted by molar-refractivity contribution is -0.176. The molecule has 0 amide bonds. The summed E-state index contributed by atoms with van der Waals surface area (Å²) in [5, 5.41) is 14.8. The summed E-state index contributed by atoms with van der Waals surface area (Å²) in [6.07, 6.45) is -2.24. The Morgan fingerprint density at radius 1 is 1.14 bits per heavy atom. The van der Waals surface area contributed by atoms with Crippen molar-refractivity contribution in [1.29, 1.82) is 0 Å². The first-order valence-corrected chi connectivity index (χ1v) is 9.02. The van der Waals surface area contributed by atoms with Crippen molar-refractivity contribution >= 4 is 29.9 Å². The number of ether oxygens (including phenoxy) is 1. The van der Waals surface area contributed by atoms with Crippen LogP contribution in [0.3, 0.4) is 0 Å². The predicted molar refractivity (Wildman–Crippen MR) is 113 cm³/mol. The number of halogens is 4. The third kappa shape index (κ3) is 7.14. The summed E-state index contributed by atoms with van der Waals surface area (Å²) in [7, 11) is 1.69. The molecule has 0 radical (unpaired) electrons. The molecular formula is C18H24F3IN6O. The van der Waals surface area contributed by atoms with E-state index in [2.05, 4.69) is 35.1 Å². The number of hydrogen-bond acceptors (Lipinski definition) is 4. The van der Waals surface area contributed by atoms with Gasteiger partial charge >= 0.3 is 6.18 Å². The first-order valence-electron chi connectivity index (χ1n) is 9.02. The number of aliphatic imine (C=N–C) groups is 1. The maximum absolute atomic E-state index is 12.1. The molecule has 0 atom stereocenters. The minimum absolute atomic E-state index is 0. The Balaban J connectivity index is 0.00000300. The molecule has 160 valence electrons. The van der Waals surface area contributed by atoms with E-state index < -0.39 is 12.8 Å². The molecule has 0 bridgehead atoms. The fraction of sp³-hybridized carbons (Fsp3) is 0.500. The number of aryl methyl sites for hydroxylation is 1. The van der Waals surface area contributed by atoms with Gasteiger partial charge in [0.1, 0.15) is 12.4 Å². The van der Waals surface area contributed by atoms with Crippen LogP contribution >= 0.6 is 24.0 Å². The lowest BCUT2D eigenvalue weighted by atomic mass is 10.1. The standard InChI is InChI=1S/C18H23F3N6O.HI/c1-22-17(24-10-16-26-25-15-3-2-8-27(15)16)23-9-13-4-6-14(7-5-13)11-28-12-18(19,20)21;/h4-7H,2-3,8-12H2,1H3,(H2,22,23,24);1H. The van der Waals surface area contributed by atoms with E-state index in [1.54, 1.807) is 19.2 Å². The van der Waals surface area contributed by atoms with Crippen LogP contribution in [0.25, 0.3) is 0 Å². The molecule has 2 N–H and O–H groups in total. The summed E-state index contributed by atoms with van der Waals surface area (Å²) in [5.74, 6) is 2.55. The number of fused-ring (bicyclic) bond motifs is 1. The third-order valence-corrected chi connectivity index (χ3v) is 4.34. The smallest absolute Gasteiger partial charge is 0.367 e. The number of rotatable bonds is 7. The number of guanidine groups is 1. The van der Waals surface area contributed by atoms with Gasteiger partial charge in [-0.05, 0) is 17.5 Å². The zero-order valence-electron chi connectivity index (χ0n) is 16.0. The van der Waals surface area contributed by atoms with Gasteiger partial charge in [-0.1, -0.05) is 24.3 Å². The maximum Gasteiger partial charge on any atom is 0.411 e. The van der Waals surface area contributed by atoms with Crippen LogP contribution in [0.2, 0.25) is 0 Å². The normalized spacial score (nSPS) is 13.7. The van der Waals surface area contributed by atoms with Crippen LogP contribution < -0.4 is 10.6 Å². The molecule has 0 unspecified atom stereocenters. The highest BCUT2D eigenvalue weighted by molar-refractivity contribution is 14.0. The summed E-state index contributed by atoms with van der Waals surface area (Å²) in [4.78, 5) is 4.19. The Kier molecular flexibility index (Phi) is 8.68. The van der Waals surface area contributed by atoms with Crippen LogP contribution in [-0.2, 0) is 37.4 Å². The Hall–Kier alpha value is -1.89. The van der Waals surface area contributed by atoms with Gasteiger partial charge in [-0.25, -0.2) is 0 Å². The molecule has 11 heteroatoms. The maximum atomic E-state index is 12.1. The van der Waals surface area contributed by atoms with Gasteiger partial charge in [0.25, 0.3) is 0 Å². The van der Waals surface area contributed by atoms with Crippen LogP contribution in [-0.4, -0.2) is 40.6 Å². The van der Waals surface area contributed by atoms with E-state index in [-0.39, 0.29) is 30.6 Å². The molecule has 7 nitrogen and oxygen atoms in total. The Morgan fingerprint density at radius 3 is 2.52 bits per heavy atom. The van der Waals surface area contributed by atoms with Gasteiger partial charge in [-0.2, -0.15) is 13.2 Å². The average Bonchev–Trinajstić information content (AvgIpc) is 3.26. The zero-order chi connectivity index (χ0) is 20.0. The van der Waals surface area contributed by atoms with Crippen LogP contribution in [0.5, 0.6) is 0 Å². The van der Waals surface area contributed by atoms with E-state index >= 15 is 0 Å². The summed E-state index contributed by atoms with van der Waals surface area (Å²) >= 11 is 0. The van der Waals surface area contributed by atoms with Crippen molar-refractivity contribution in [3.8, 4) is 0 Å². The van der Waals surface area contributed by atoms with Crippen molar-refractivity contribution in [3.05, 3.63) is 47.0 Å². The van der Waals surface area contributed by atoms with Crippen molar-refractivity contribution < 1.29 is 17.9 Å². The van der Waals surface area contributed by atoms with E-state index in [0.29, 0.717) is 24.6 Å². The molecule has 29 heavy (non-hydrogen) atoms. The summed E-state index contributed by atoms with van der Waals surface area (Å²) < 4.78 is 43.1. The quantitative estimate of drug-likeness (QED) is 0.331. The fourth-order valence-corrected chi connectivity index (χ4v) is 2.95. The van der Waals surface area contributed by atoms with E-state index in [4.69, 9.17) is 0 Å². The number of alkyl halides is 3. The highest BCUT2D eigenvalue weighted by Crippen LogP contribution is 2.16. The lowest BCUT2D eigenvalue weighted by Gasteiger charge is -2.12. The average molecular weight is 524 g/mol. The number of nitrogens with zero attached hydrogens (tertiary/aromatic N) is 4. The summed E-state index contributed by atoms with van der Waals surface area (Å²) in [6, 6.07) is 7.20. The number of benzene rings is 1. The summed E-state index contributed by atoms with van der Waals surface area (Å²) in [6.45, 7) is 0.695. The first kappa shape index (κ1) is 23.4. The third-order valence-electron chi connectivity index (χ3n) is 4.34. The van der Waals surface area contributed by atoms with E-state index in [0.717, 1.165) is 36.6 Å². The second-order valence-corrected chi connectivity index (χ2v) is 6.49. The molecule has 2 heterocycles. The van der Waals surface area contributed by atoms with Crippen LogP contribution in [0, 0.1) is 0 Å². The van der Waals surface area contributed by atoms with Crippen molar-refractivity contribution in [1.82, 2.24) is 25.4 Å². The van der Waals surface area contributed by atoms with Gasteiger partial charge < -0.3 is 19.9 Å². The Bertz CT molecular complexity index is 807. The SMILES string of the molecule is CN=C(NCc1ccc(COCC(F)(F)F)cc1)NCc1nnc2n1CCC2.I. The van der Waals surface area contributed by atoms with Gasteiger partial charge in [0.05, 0.1) is 13.2 Å². The molecule has 0 spiro atoms. The molecule has 0 aliphatic carbocycles. The second-order valence-electron chi connectivity index (χ2n) is 6.49. The molecule has 1 aromatic heterocycles. The van der Waals surface area contributed by atoms with Crippen molar-refractivity contribution in [2.75, 3.05) is 13.7 Å². The molecular weight excluding hydrogens is 500 g/mol. The van der Waals surface area contributed by atoms with E-state index in [1.165, 1.54) is 0 Å². The predicted octanol–water partition coefficient (Wildman–Crippen LogP) is 2.79. The number of hydrogen-bond donors (Lipinski definition) is 2. The Morgan fingerprint density at radius 2 is 1.83 bits per heavy atom. The first-order chi connectivity index (χ1) is 13.4. The molecule has 1 aliphatic heterocycles. The van der Waals surface area contributed by atoms with Crippen molar-refractivity contribution in [2.45, 2.75) is 45.3 Å². The second kappa shape index (κ2) is 10.8. The van der Waals surface area contributed by atoms with E-state index in [1.807, 2.05) is 12.1 Å². The highest BCUT2D eigenvalue weighted by Gasteiger charge is 2.27. The molecule has 0 fully saturated rings. The topological polar surface area (TPSA) is 76.4 Å². The molecule has 0 saturated carbocycles. The fourth-order valence-electron chi connectivity index (χ4n) is 2.95. The molecule has 2 aromatic rings. The van der Waals surface area contributed by atoms with Crippen molar-refractivity contribution in [2.24, 2.45) is 4.99 Å². The van der Waals surface area contributed by atoms with E-state index in [9.17, 15) is 13.2 Å². The Labute approximate surface area is 184 Å². The van der Waals surface area contributed by atoms with Gasteiger partial charge in [-0.3, -0.25) is 4.99 Å². The van der Waals surface area contributed by atoms with Crippen LogP contribution in [0.1, 0.15) is 29.2 Å². The van der Waals surface area contributed by atoms with Gasteiger partial charge in [-0.15, -0.1) is 34.2 Å². The minimum atomic E-state index is -4.31. The minimum Gasteiger partial charge on any atom is -0.367 e. The van der Waals surface area contributed by atoms with Crippen LogP contribution in [0.4, 0.5) is 13.2 Å². The van der Waals surface area contributed by atoms with Gasteiger partial charge in [0, 0.05) is 26.6 Å². The monoisotopic (exact) mass is 524 g/mol. The highest BCUT2D eigenvalue weighted by atomic mass is 127. The number of aromatic nitrogens is 3. The van der Waals surface area contributed by atoms with Gasteiger partial charge in [0.2, 0.25) is 0 Å². The lowest BCUT2D eigenvalue weighted by Crippen LogP contribution is -2.37.